The summed E-state index contributed by atoms with van der Waals surface area (Å²) in [5, 5.41) is 20.0. The molecule has 2 N–H and O–H groups in total. The molecule has 0 spiro atoms. The number of nitrogens with zero attached hydrogens (tertiary/aromatic N) is 2. The highest BCUT2D eigenvalue weighted by molar-refractivity contribution is 5.96. The summed E-state index contributed by atoms with van der Waals surface area (Å²) in [6, 6.07) is 12.7. The molecule has 166 valence electrons. The number of benzene rings is 2. The van der Waals surface area contributed by atoms with E-state index in [2.05, 4.69) is 4.98 Å². The molecule has 2 aromatic carbocycles. The summed E-state index contributed by atoms with van der Waals surface area (Å²) in [5.41, 5.74) is 0.324. The van der Waals surface area contributed by atoms with Crippen LogP contribution in [0.1, 0.15) is 17.3 Å². The summed E-state index contributed by atoms with van der Waals surface area (Å²) in [6.45, 7) is 1.70. The normalized spacial score (nSPS) is 10.7. The number of esters is 1. The lowest BCUT2D eigenvalue weighted by molar-refractivity contribution is 0.0734. The molecule has 0 fully saturated rings. The molecule has 0 saturated carbocycles. The Morgan fingerprint density at radius 2 is 1.82 bits per heavy atom. The van der Waals surface area contributed by atoms with Gasteiger partial charge in [-0.3, -0.25) is 9.78 Å². The fourth-order valence-electron chi connectivity index (χ4n) is 3.36. The van der Waals surface area contributed by atoms with Crippen molar-refractivity contribution in [3.63, 3.8) is 0 Å². The largest absolute Gasteiger partial charge is 0.508 e. The van der Waals surface area contributed by atoms with Crippen molar-refractivity contribution in [3.8, 4) is 28.5 Å². The number of aromatic hydroxyl groups is 2. The first-order valence-corrected chi connectivity index (χ1v) is 9.90. The van der Waals surface area contributed by atoms with Crippen molar-refractivity contribution in [2.75, 3.05) is 6.61 Å². The van der Waals surface area contributed by atoms with E-state index >= 15 is 0 Å². The van der Waals surface area contributed by atoms with Crippen LogP contribution in [0.5, 0.6) is 17.2 Å². The molecule has 4 rings (SSSR count). The molecule has 0 aliphatic carbocycles. The highest BCUT2D eigenvalue weighted by atomic mass is 16.5. The van der Waals surface area contributed by atoms with Gasteiger partial charge in [0, 0.05) is 30.6 Å². The van der Waals surface area contributed by atoms with Gasteiger partial charge in [0.05, 0.1) is 28.8 Å². The summed E-state index contributed by atoms with van der Waals surface area (Å²) in [7, 11) is 0. The van der Waals surface area contributed by atoms with Crippen LogP contribution in [0.25, 0.3) is 22.2 Å². The van der Waals surface area contributed by atoms with Crippen LogP contribution in [0.2, 0.25) is 0 Å². The van der Waals surface area contributed by atoms with E-state index in [4.69, 9.17) is 9.47 Å². The third-order valence-electron chi connectivity index (χ3n) is 4.79. The van der Waals surface area contributed by atoms with Gasteiger partial charge in [-0.15, -0.1) is 0 Å². The standard InChI is InChI=1S/C24H18N2O7/c1-2-32-24(31)26-18(12-21(29)22-19(26)10-16(27)11-20(22)28)14-5-7-17(8-6-14)33-23(30)15-4-3-9-25-13-15/h3-13,27-28H,2H2,1H3. The molecular weight excluding hydrogens is 428 g/mol. The number of phenols is 2. The topological polar surface area (TPSA) is 128 Å². The molecule has 0 unspecified atom stereocenters. The average Bonchev–Trinajstić information content (AvgIpc) is 2.79. The van der Waals surface area contributed by atoms with Gasteiger partial charge in [0.15, 0.2) is 5.43 Å². The molecule has 9 nitrogen and oxygen atoms in total. The molecule has 4 aromatic rings. The third kappa shape index (κ3) is 4.24. The summed E-state index contributed by atoms with van der Waals surface area (Å²) in [5.74, 6) is -1.13. The monoisotopic (exact) mass is 446 g/mol. The maximum atomic E-state index is 12.8. The van der Waals surface area contributed by atoms with Gasteiger partial charge >= 0.3 is 12.1 Å². The fourth-order valence-corrected chi connectivity index (χ4v) is 3.36. The van der Waals surface area contributed by atoms with Crippen LogP contribution in [0.3, 0.4) is 0 Å². The molecular formula is C24H18N2O7. The first-order valence-electron chi connectivity index (χ1n) is 9.90. The number of phenolic OH excluding ortho intramolecular Hbond substituents is 2. The van der Waals surface area contributed by atoms with Crippen LogP contribution in [0.4, 0.5) is 4.79 Å². The van der Waals surface area contributed by atoms with Crippen LogP contribution in [0, 0.1) is 0 Å². The summed E-state index contributed by atoms with van der Waals surface area (Å²) in [4.78, 5) is 41.6. The highest BCUT2D eigenvalue weighted by Gasteiger charge is 2.20. The Labute approximate surface area is 187 Å². The fraction of sp³-hybridized carbons (Fsp3) is 0.0833. The molecule has 0 atom stereocenters. The lowest BCUT2D eigenvalue weighted by atomic mass is 10.1. The van der Waals surface area contributed by atoms with Crippen molar-refractivity contribution in [3.05, 3.63) is 82.8 Å². The minimum absolute atomic E-state index is 0.0134. The number of carbonyl (C=O) groups is 2. The van der Waals surface area contributed by atoms with Gasteiger partial charge in [0.25, 0.3) is 0 Å². The second-order valence-electron chi connectivity index (χ2n) is 6.94. The number of fused-ring (bicyclic) bond motifs is 1. The number of rotatable bonds is 4. The van der Waals surface area contributed by atoms with Crippen LogP contribution in [-0.4, -0.2) is 38.4 Å². The third-order valence-corrected chi connectivity index (χ3v) is 4.79. The lowest BCUT2D eigenvalue weighted by Gasteiger charge is -2.16. The van der Waals surface area contributed by atoms with Crippen molar-refractivity contribution in [1.29, 1.82) is 0 Å². The molecule has 0 aliphatic rings. The molecule has 2 heterocycles. The average molecular weight is 446 g/mol. The van der Waals surface area contributed by atoms with E-state index in [0.29, 0.717) is 5.56 Å². The van der Waals surface area contributed by atoms with Crippen LogP contribution >= 0.6 is 0 Å². The SMILES string of the molecule is CCOC(=O)n1c(-c2ccc(OC(=O)c3cccnc3)cc2)cc(=O)c2c(O)cc(O)cc21. The van der Waals surface area contributed by atoms with Crippen LogP contribution < -0.4 is 10.2 Å². The van der Waals surface area contributed by atoms with E-state index in [9.17, 15) is 24.6 Å². The van der Waals surface area contributed by atoms with Crippen LogP contribution in [0.15, 0.2) is 71.8 Å². The molecule has 0 aliphatic heterocycles. The number of hydrogen-bond acceptors (Lipinski definition) is 8. The molecule has 0 saturated heterocycles. The number of ether oxygens (including phenoxy) is 2. The van der Waals surface area contributed by atoms with E-state index in [1.165, 1.54) is 36.7 Å². The second kappa shape index (κ2) is 8.83. The maximum Gasteiger partial charge on any atom is 0.418 e. The molecule has 0 radical (unpaired) electrons. The van der Waals surface area contributed by atoms with Crippen molar-refractivity contribution in [2.45, 2.75) is 6.92 Å². The van der Waals surface area contributed by atoms with Gasteiger partial charge in [0.2, 0.25) is 0 Å². The predicted molar refractivity (Wildman–Crippen MR) is 119 cm³/mol. The number of carbonyl (C=O) groups excluding carboxylic acids is 2. The summed E-state index contributed by atoms with van der Waals surface area (Å²) in [6.07, 6.45) is 2.13. The second-order valence-corrected chi connectivity index (χ2v) is 6.94. The van der Waals surface area contributed by atoms with Crippen molar-refractivity contribution in [2.24, 2.45) is 0 Å². The van der Waals surface area contributed by atoms with E-state index in [0.717, 1.165) is 10.6 Å². The Balaban J connectivity index is 1.79. The zero-order valence-corrected chi connectivity index (χ0v) is 17.4. The Bertz CT molecular complexity index is 1410. The zero-order chi connectivity index (χ0) is 23.5. The van der Waals surface area contributed by atoms with Gasteiger partial charge in [0.1, 0.15) is 17.2 Å². The van der Waals surface area contributed by atoms with E-state index < -0.39 is 23.2 Å². The van der Waals surface area contributed by atoms with E-state index in [1.807, 2.05) is 0 Å². The molecule has 9 heteroatoms. The number of hydrogen-bond donors (Lipinski definition) is 2. The van der Waals surface area contributed by atoms with E-state index in [-0.39, 0.29) is 40.3 Å². The highest BCUT2D eigenvalue weighted by Crippen LogP contribution is 2.31. The summed E-state index contributed by atoms with van der Waals surface area (Å²) >= 11 is 0. The summed E-state index contributed by atoms with van der Waals surface area (Å²) < 4.78 is 11.5. The Morgan fingerprint density at radius 1 is 1.06 bits per heavy atom. The van der Waals surface area contributed by atoms with Gasteiger partial charge < -0.3 is 19.7 Å². The van der Waals surface area contributed by atoms with Gasteiger partial charge in [-0.2, -0.15) is 0 Å². The minimum atomic E-state index is -0.797. The Morgan fingerprint density at radius 3 is 2.48 bits per heavy atom. The number of pyridine rings is 2. The lowest BCUT2D eigenvalue weighted by Crippen LogP contribution is -2.20. The Kier molecular flexibility index (Phi) is 5.77. The molecule has 0 bridgehead atoms. The van der Waals surface area contributed by atoms with Crippen molar-refractivity contribution in [1.82, 2.24) is 9.55 Å². The Hall–Kier alpha value is -4.66. The van der Waals surface area contributed by atoms with Crippen LogP contribution in [-0.2, 0) is 4.74 Å². The van der Waals surface area contributed by atoms with Gasteiger partial charge in [-0.25, -0.2) is 14.2 Å². The maximum absolute atomic E-state index is 12.8. The van der Waals surface area contributed by atoms with Crippen molar-refractivity contribution >= 4 is 23.0 Å². The van der Waals surface area contributed by atoms with E-state index in [1.54, 1.807) is 31.2 Å². The molecule has 2 aromatic heterocycles. The smallest absolute Gasteiger partial charge is 0.418 e. The first-order chi connectivity index (χ1) is 15.9. The molecule has 0 amide bonds. The number of aromatic nitrogens is 2. The zero-order valence-electron chi connectivity index (χ0n) is 17.4. The molecule has 33 heavy (non-hydrogen) atoms. The minimum Gasteiger partial charge on any atom is -0.508 e. The quantitative estimate of drug-likeness (QED) is 0.359. The first kappa shape index (κ1) is 21.6. The van der Waals surface area contributed by atoms with Gasteiger partial charge in [-0.05, 0) is 48.9 Å². The predicted octanol–water partition coefficient (Wildman–Crippen LogP) is 3.70. The van der Waals surface area contributed by atoms with Crippen molar-refractivity contribution < 1.29 is 29.3 Å². The van der Waals surface area contributed by atoms with Gasteiger partial charge in [-0.1, -0.05) is 0 Å².